The van der Waals surface area contributed by atoms with Gasteiger partial charge < -0.3 is 9.84 Å². The number of aromatic hydroxyl groups is 1. The molecule has 3 heteroatoms. The van der Waals surface area contributed by atoms with Crippen LogP contribution in [0.2, 0.25) is 0 Å². The predicted octanol–water partition coefficient (Wildman–Crippen LogP) is 3.75. The lowest BCUT2D eigenvalue weighted by Crippen LogP contribution is -1.91. The van der Waals surface area contributed by atoms with E-state index in [4.69, 9.17) is 4.74 Å². The number of hydrogen-bond acceptors (Lipinski definition) is 3. The Balaban J connectivity index is 2.24. The van der Waals surface area contributed by atoms with E-state index in [9.17, 15) is 9.90 Å². The van der Waals surface area contributed by atoms with Crippen LogP contribution in [0, 0.1) is 0 Å². The van der Waals surface area contributed by atoms with E-state index < -0.39 is 0 Å². The standard InChI is InChI=1S/C17H12O3/c18-11-20-17-8-4-3-7-14(17)15-9-12-5-1-2-6-13(12)10-16(15)19/h1-11,19H. The quantitative estimate of drug-likeness (QED) is 0.733. The number of carbonyl (C=O) groups excluding carboxylic acids is 1. The average molecular weight is 264 g/mol. The Morgan fingerprint density at radius 3 is 2.25 bits per heavy atom. The molecule has 98 valence electrons. The molecule has 3 aromatic rings. The second-order valence-electron chi connectivity index (χ2n) is 4.43. The first-order chi connectivity index (χ1) is 9.79. The fraction of sp³-hybridized carbons (Fsp3) is 0. The van der Waals surface area contributed by atoms with Crippen molar-refractivity contribution in [3.8, 4) is 22.6 Å². The minimum Gasteiger partial charge on any atom is -0.507 e. The summed E-state index contributed by atoms with van der Waals surface area (Å²) in [6.07, 6.45) is 0. The SMILES string of the molecule is O=COc1ccccc1-c1cc2ccccc2cc1O. The molecule has 0 aliphatic carbocycles. The highest BCUT2D eigenvalue weighted by molar-refractivity contribution is 5.91. The first-order valence-electron chi connectivity index (χ1n) is 6.21. The monoisotopic (exact) mass is 264 g/mol. The van der Waals surface area contributed by atoms with Crippen LogP contribution in [-0.4, -0.2) is 11.6 Å². The number of fused-ring (bicyclic) bond motifs is 1. The molecule has 0 saturated carbocycles. The third-order valence-electron chi connectivity index (χ3n) is 3.22. The van der Waals surface area contributed by atoms with Crippen LogP contribution in [0.25, 0.3) is 21.9 Å². The Morgan fingerprint density at radius 2 is 1.50 bits per heavy atom. The van der Waals surface area contributed by atoms with Gasteiger partial charge >= 0.3 is 0 Å². The first kappa shape index (κ1) is 12.2. The molecule has 0 heterocycles. The van der Waals surface area contributed by atoms with Gasteiger partial charge in [-0.3, -0.25) is 4.79 Å². The molecule has 0 radical (unpaired) electrons. The highest BCUT2D eigenvalue weighted by Gasteiger charge is 2.11. The molecule has 0 atom stereocenters. The second-order valence-corrected chi connectivity index (χ2v) is 4.43. The largest absolute Gasteiger partial charge is 0.507 e. The van der Waals surface area contributed by atoms with Gasteiger partial charge in [0.1, 0.15) is 11.5 Å². The molecule has 0 bridgehead atoms. The van der Waals surface area contributed by atoms with Gasteiger partial charge in [0.05, 0.1) is 0 Å². The van der Waals surface area contributed by atoms with E-state index in [1.165, 1.54) is 0 Å². The van der Waals surface area contributed by atoms with Crippen LogP contribution in [0.4, 0.5) is 0 Å². The molecular formula is C17H12O3. The zero-order chi connectivity index (χ0) is 13.9. The maximum Gasteiger partial charge on any atom is 0.298 e. The third kappa shape index (κ3) is 2.10. The van der Waals surface area contributed by atoms with Crippen molar-refractivity contribution in [2.75, 3.05) is 0 Å². The molecule has 0 aromatic heterocycles. The zero-order valence-corrected chi connectivity index (χ0v) is 10.6. The summed E-state index contributed by atoms with van der Waals surface area (Å²) in [6, 6.07) is 18.5. The van der Waals surface area contributed by atoms with Crippen LogP contribution in [0.5, 0.6) is 11.5 Å². The van der Waals surface area contributed by atoms with Gasteiger partial charge in [-0.2, -0.15) is 0 Å². The summed E-state index contributed by atoms with van der Waals surface area (Å²) in [5.41, 5.74) is 1.32. The Bertz CT molecular complexity index is 778. The minimum absolute atomic E-state index is 0.158. The van der Waals surface area contributed by atoms with Crippen molar-refractivity contribution in [3.63, 3.8) is 0 Å². The van der Waals surface area contributed by atoms with Crippen LogP contribution in [0.3, 0.4) is 0 Å². The van der Waals surface area contributed by atoms with E-state index in [0.717, 1.165) is 10.8 Å². The van der Waals surface area contributed by atoms with Gasteiger partial charge in [-0.05, 0) is 29.0 Å². The number of benzene rings is 3. The summed E-state index contributed by atoms with van der Waals surface area (Å²) >= 11 is 0. The lowest BCUT2D eigenvalue weighted by atomic mass is 9.99. The summed E-state index contributed by atoms with van der Waals surface area (Å²) in [7, 11) is 0. The molecular weight excluding hydrogens is 252 g/mol. The summed E-state index contributed by atoms with van der Waals surface area (Å²) in [4.78, 5) is 10.6. The molecule has 1 N–H and O–H groups in total. The molecule has 0 unspecified atom stereocenters. The second kappa shape index (κ2) is 5.05. The molecule has 0 amide bonds. The molecule has 0 spiro atoms. The van der Waals surface area contributed by atoms with Gasteiger partial charge in [0.25, 0.3) is 6.47 Å². The molecule has 3 aromatic carbocycles. The van der Waals surface area contributed by atoms with Crippen LogP contribution in [-0.2, 0) is 4.79 Å². The Labute approximate surface area is 116 Å². The van der Waals surface area contributed by atoms with E-state index >= 15 is 0 Å². The van der Waals surface area contributed by atoms with Crippen molar-refractivity contribution in [3.05, 3.63) is 60.7 Å². The van der Waals surface area contributed by atoms with Crippen molar-refractivity contribution in [2.45, 2.75) is 0 Å². The smallest absolute Gasteiger partial charge is 0.298 e. The van der Waals surface area contributed by atoms with Crippen molar-refractivity contribution in [2.24, 2.45) is 0 Å². The first-order valence-corrected chi connectivity index (χ1v) is 6.21. The molecule has 3 nitrogen and oxygen atoms in total. The maximum atomic E-state index is 10.6. The minimum atomic E-state index is 0.158. The summed E-state index contributed by atoms with van der Waals surface area (Å²) in [5, 5.41) is 12.2. The van der Waals surface area contributed by atoms with Gasteiger partial charge in [0.2, 0.25) is 0 Å². The van der Waals surface area contributed by atoms with E-state index in [1.807, 2.05) is 42.5 Å². The molecule has 0 fully saturated rings. The predicted molar refractivity (Wildman–Crippen MR) is 77.7 cm³/mol. The number of phenols is 1. The van der Waals surface area contributed by atoms with Crippen molar-refractivity contribution in [1.29, 1.82) is 0 Å². The lowest BCUT2D eigenvalue weighted by molar-refractivity contribution is -0.120. The number of rotatable bonds is 3. The molecule has 3 rings (SSSR count). The van der Waals surface area contributed by atoms with Gasteiger partial charge in [-0.15, -0.1) is 0 Å². The topological polar surface area (TPSA) is 46.5 Å². The fourth-order valence-corrected chi connectivity index (χ4v) is 2.29. The van der Waals surface area contributed by atoms with Gasteiger partial charge in [0.15, 0.2) is 0 Å². The highest BCUT2D eigenvalue weighted by Crippen LogP contribution is 2.38. The maximum absolute atomic E-state index is 10.6. The molecule has 0 aliphatic rings. The highest BCUT2D eigenvalue weighted by atomic mass is 16.5. The normalized spacial score (nSPS) is 10.4. The van der Waals surface area contributed by atoms with E-state index in [2.05, 4.69) is 0 Å². The zero-order valence-electron chi connectivity index (χ0n) is 10.6. The van der Waals surface area contributed by atoms with Crippen LogP contribution in [0.15, 0.2) is 60.7 Å². The molecule has 0 saturated heterocycles. The Hall–Kier alpha value is -2.81. The average Bonchev–Trinajstić information content (AvgIpc) is 2.48. The lowest BCUT2D eigenvalue weighted by Gasteiger charge is -2.10. The van der Waals surface area contributed by atoms with Crippen LogP contribution in [0.1, 0.15) is 0 Å². The number of para-hydroxylation sites is 1. The van der Waals surface area contributed by atoms with Crippen molar-refractivity contribution >= 4 is 17.2 Å². The number of phenolic OH excluding ortho intramolecular Hbond substituents is 1. The Kier molecular flexibility index (Phi) is 3.09. The number of ether oxygens (including phenoxy) is 1. The number of hydrogen-bond donors (Lipinski definition) is 1. The summed E-state index contributed by atoms with van der Waals surface area (Å²) in [5.74, 6) is 0.582. The third-order valence-corrected chi connectivity index (χ3v) is 3.22. The molecule has 0 aliphatic heterocycles. The van der Waals surface area contributed by atoms with Gasteiger partial charge in [0, 0.05) is 11.1 Å². The van der Waals surface area contributed by atoms with Crippen LogP contribution >= 0.6 is 0 Å². The van der Waals surface area contributed by atoms with E-state index in [0.29, 0.717) is 23.3 Å². The van der Waals surface area contributed by atoms with Crippen molar-refractivity contribution < 1.29 is 14.6 Å². The Morgan fingerprint density at radius 1 is 0.850 bits per heavy atom. The van der Waals surface area contributed by atoms with E-state index in [-0.39, 0.29) is 5.75 Å². The number of carbonyl (C=O) groups is 1. The summed E-state index contributed by atoms with van der Waals surface area (Å²) in [6.45, 7) is 0.386. The van der Waals surface area contributed by atoms with Gasteiger partial charge in [-0.1, -0.05) is 42.5 Å². The summed E-state index contributed by atoms with van der Waals surface area (Å²) < 4.78 is 4.97. The fourth-order valence-electron chi connectivity index (χ4n) is 2.29. The van der Waals surface area contributed by atoms with Crippen LogP contribution < -0.4 is 4.74 Å². The van der Waals surface area contributed by atoms with Crippen molar-refractivity contribution in [1.82, 2.24) is 0 Å². The van der Waals surface area contributed by atoms with E-state index in [1.54, 1.807) is 18.2 Å². The molecule has 20 heavy (non-hydrogen) atoms. The van der Waals surface area contributed by atoms with Gasteiger partial charge in [-0.25, -0.2) is 0 Å².